The van der Waals surface area contributed by atoms with Crippen LogP contribution in [-0.2, 0) is 11.6 Å². The Hall–Kier alpha value is -2.50. The van der Waals surface area contributed by atoms with Crippen LogP contribution in [-0.4, -0.2) is 19.5 Å². The zero-order chi connectivity index (χ0) is 21.1. The van der Waals surface area contributed by atoms with Gasteiger partial charge in [-0.1, -0.05) is 33.8 Å². The molecule has 6 heteroatoms. The number of nitrogens with zero attached hydrogens (tertiary/aromatic N) is 1. The van der Waals surface area contributed by atoms with Crippen LogP contribution in [0.1, 0.15) is 55.6 Å². The first-order valence-corrected chi connectivity index (χ1v) is 9.27. The number of rotatable bonds is 5. The van der Waals surface area contributed by atoms with E-state index in [1.807, 2.05) is 24.1 Å². The summed E-state index contributed by atoms with van der Waals surface area (Å²) in [6, 6.07) is 10.2. The van der Waals surface area contributed by atoms with Gasteiger partial charge in [-0.05, 0) is 53.8 Å². The number of carbonyl (C=O) groups excluding carboxylic acids is 1. The van der Waals surface area contributed by atoms with Crippen molar-refractivity contribution in [1.29, 1.82) is 0 Å². The third-order valence-corrected chi connectivity index (χ3v) is 4.55. The molecule has 0 aliphatic rings. The topological polar surface area (TPSA) is 32.3 Å². The fourth-order valence-electron chi connectivity index (χ4n) is 2.90. The first-order valence-electron chi connectivity index (χ1n) is 9.27. The first kappa shape index (κ1) is 21.8. The van der Waals surface area contributed by atoms with E-state index < -0.39 is 11.7 Å². The van der Waals surface area contributed by atoms with Crippen molar-refractivity contribution in [1.82, 2.24) is 0 Å². The molecule has 0 saturated heterocycles. The van der Waals surface area contributed by atoms with E-state index in [0.717, 1.165) is 36.3 Å². The van der Waals surface area contributed by atoms with Gasteiger partial charge in [0.15, 0.2) is 0 Å². The molecule has 2 aromatic carbocycles. The Morgan fingerprint density at radius 2 is 1.57 bits per heavy atom. The van der Waals surface area contributed by atoms with Gasteiger partial charge in [-0.3, -0.25) is 4.79 Å². The average Bonchev–Trinajstić information content (AvgIpc) is 2.60. The summed E-state index contributed by atoms with van der Waals surface area (Å²) in [4.78, 5) is 14.9. The van der Waals surface area contributed by atoms with Crippen LogP contribution in [0.25, 0.3) is 0 Å². The number of alkyl halides is 3. The highest BCUT2D eigenvalue weighted by Gasteiger charge is 2.30. The van der Waals surface area contributed by atoms with Crippen molar-refractivity contribution in [3.8, 4) is 0 Å². The first-order chi connectivity index (χ1) is 12.9. The number of benzene rings is 2. The van der Waals surface area contributed by atoms with Crippen molar-refractivity contribution in [2.45, 2.75) is 45.7 Å². The van der Waals surface area contributed by atoms with Gasteiger partial charge in [-0.15, -0.1) is 0 Å². The second-order valence-electron chi connectivity index (χ2n) is 7.93. The summed E-state index contributed by atoms with van der Waals surface area (Å²) in [5.41, 5.74) is 1.91. The monoisotopic (exact) mass is 392 g/mol. The third kappa shape index (κ3) is 5.27. The van der Waals surface area contributed by atoms with Gasteiger partial charge < -0.3 is 10.2 Å². The number of anilines is 2. The smallest absolute Gasteiger partial charge is 0.374 e. The fourth-order valence-corrected chi connectivity index (χ4v) is 2.90. The summed E-state index contributed by atoms with van der Waals surface area (Å²) in [6.07, 6.45) is -3.47. The predicted octanol–water partition coefficient (Wildman–Crippen LogP) is 6.10. The van der Waals surface area contributed by atoms with Crippen molar-refractivity contribution in [3.63, 3.8) is 0 Å². The summed E-state index contributed by atoms with van der Waals surface area (Å²) in [5.74, 6) is -0.349. The van der Waals surface area contributed by atoms with Crippen molar-refractivity contribution in [3.05, 3.63) is 59.2 Å². The summed E-state index contributed by atoms with van der Waals surface area (Å²) >= 11 is 0. The van der Waals surface area contributed by atoms with Gasteiger partial charge in [-0.2, -0.15) is 13.2 Å². The van der Waals surface area contributed by atoms with E-state index in [0.29, 0.717) is 11.3 Å². The van der Waals surface area contributed by atoms with Crippen LogP contribution >= 0.6 is 0 Å². The minimum atomic E-state index is -4.40. The molecule has 0 fully saturated rings. The summed E-state index contributed by atoms with van der Waals surface area (Å²) in [5, 5.41) is 2.70. The molecular formula is C22H27F3N2O. The lowest BCUT2D eigenvalue weighted by molar-refractivity contribution is -0.137. The Morgan fingerprint density at radius 3 is 2.07 bits per heavy atom. The van der Waals surface area contributed by atoms with Gasteiger partial charge in [0, 0.05) is 25.0 Å². The molecule has 2 aromatic rings. The van der Waals surface area contributed by atoms with Crippen molar-refractivity contribution in [2.75, 3.05) is 23.8 Å². The SMILES string of the molecule is CCCN(C)c1cc(C(C)(C)C)ccc1C(=O)Nc1ccc(C(F)(F)F)cc1. The lowest BCUT2D eigenvalue weighted by atomic mass is 9.86. The second kappa shape index (κ2) is 8.25. The van der Waals surface area contributed by atoms with Crippen LogP contribution in [0.2, 0.25) is 0 Å². The van der Waals surface area contributed by atoms with Crippen LogP contribution in [0, 0.1) is 0 Å². The highest BCUT2D eigenvalue weighted by atomic mass is 19.4. The highest BCUT2D eigenvalue weighted by molar-refractivity contribution is 6.08. The fraction of sp³-hybridized carbons (Fsp3) is 0.409. The van der Waals surface area contributed by atoms with Gasteiger partial charge >= 0.3 is 6.18 Å². The van der Waals surface area contributed by atoms with Crippen LogP contribution < -0.4 is 10.2 Å². The number of amides is 1. The lowest BCUT2D eigenvalue weighted by Crippen LogP contribution is -2.24. The summed E-state index contributed by atoms with van der Waals surface area (Å²) in [7, 11) is 1.93. The van der Waals surface area contributed by atoms with E-state index >= 15 is 0 Å². The average molecular weight is 392 g/mol. The number of carbonyl (C=O) groups is 1. The van der Waals surface area contributed by atoms with E-state index in [-0.39, 0.29) is 11.3 Å². The van der Waals surface area contributed by atoms with Crippen LogP contribution in [0.15, 0.2) is 42.5 Å². The van der Waals surface area contributed by atoms with E-state index in [4.69, 9.17) is 0 Å². The van der Waals surface area contributed by atoms with E-state index in [9.17, 15) is 18.0 Å². The highest BCUT2D eigenvalue weighted by Crippen LogP contribution is 2.31. The molecule has 28 heavy (non-hydrogen) atoms. The molecule has 2 rings (SSSR count). The molecule has 3 nitrogen and oxygen atoms in total. The second-order valence-corrected chi connectivity index (χ2v) is 7.93. The van der Waals surface area contributed by atoms with Crippen LogP contribution in [0.4, 0.5) is 24.5 Å². The van der Waals surface area contributed by atoms with E-state index in [1.54, 1.807) is 6.07 Å². The van der Waals surface area contributed by atoms with Crippen LogP contribution in [0.5, 0.6) is 0 Å². The molecule has 0 saturated carbocycles. The maximum atomic E-state index is 12.8. The van der Waals surface area contributed by atoms with Crippen molar-refractivity contribution in [2.24, 2.45) is 0 Å². The number of hydrogen-bond acceptors (Lipinski definition) is 2. The number of halogens is 3. The van der Waals surface area contributed by atoms with Gasteiger partial charge in [0.05, 0.1) is 11.1 Å². The predicted molar refractivity (Wildman–Crippen MR) is 108 cm³/mol. The lowest BCUT2D eigenvalue weighted by Gasteiger charge is -2.26. The van der Waals surface area contributed by atoms with E-state index in [2.05, 4.69) is 33.0 Å². The minimum absolute atomic E-state index is 0.0652. The molecule has 0 aromatic heterocycles. The Balaban J connectivity index is 2.33. The van der Waals surface area contributed by atoms with Gasteiger partial charge in [0.2, 0.25) is 0 Å². The van der Waals surface area contributed by atoms with Gasteiger partial charge in [-0.25, -0.2) is 0 Å². The van der Waals surface area contributed by atoms with Crippen molar-refractivity contribution < 1.29 is 18.0 Å². The Labute approximate surface area is 164 Å². The Bertz CT molecular complexity index is 821. The van der Waals surface area contributed by atoms with Crippen molar-refractivity contribution >= 4 is 17.3 Å². The molecule has 1 amide bonds. The molecule has 0 atom stereocenters. The molecule has 1 N–H and O–H groups in total. The quantitative estimate of drug-likeness (QED) is 0.667. The van der Waals surface area contributed by atoms with Gasteiger partial charge in [0.25, 0.3) is 5.91 Å². The number of nitrogens with one attached hydrogen (secondary N) is 1. The molecule has 0 radical (unpaired) electrons. The third-order valence-electron chi connectivity index (χ3n) is 4.55. The molecule has 0 unspecified atom stereocenters. The Kier molecular flexibility index (Phi) is 6.42. The molecule has 0 bridgehead atoms. The maximum Gasteiger partial charge on any atom is 0.416 e. The molecule has 152 valence electrons. The Morgan fingerprint density at radius 1 is 1.00 bits per heavy atom. The van der Waals surface area contributed by atoms with E-state index in [1.165, 1.54) is 12.1 Å². The molecule has 0 spiro atoms. The molecule has 0 aliphatic heterocycles. The van der Waals surface area contributed by atoms with Crippen LogP contribution in [0.3, 0.4) is 0 Å². The standard InChI is InChI=1S/C22H27F3N2O/c1-6-13-27(5)19-14-16(21(2,3)4)9-12-18(19)20(28)26-17-10-7-15(8-11-17)22(23,24)25/h7-12,14H,6,13H2,1-5H3,(H,26,28). The molecule has 0 aliphatic carbocycles. The zero-order valence-electron chi connectivity index (χ0n) is 16.9. The minimum Gasteiger partial charge on any atom is -0.374 e. The normalized spacial score (nSPS) is 12.0. The van der Waals surface area contributed by atoms with Gasteiger partial charge in [0.1, 0.15) is 0 Å². The summed E-state index contributed by atoms with van der Waals surface area (Å²) < 4.78 is 38.1. The maximum absolute atomic E-state index is 12.8. The molecular weight excluding hydrogens is 365 g/mol. The summed E-state index contributed by atoms with van der Waals surface area (Å²) in [6.45, 7) is 9.16. The number of hydrogen-bond donors (Lipinski definition) is 1. The zero-order valence-corrected chi connectivity index (χ0v) is 16.9. The molecule has 0 heterocycles. The largest absolute Gasteiger partial charge is 0.416 e.